The topological polar surface area (TPSA) is 93.5 Å². The van der Waals surface area contributed by atoms with E-state index in [1.165, 1.54) is 9.58 Å². The molecular formula is C18H24N4O4S. The molecule has 2 aromatic rings. The van der Waals surface area contributed by atoms with Gasteiger partial charge in [-0.1, -0.05) is 6.92 Å². The first-order valence-corrected chi connectivity index (χ1v) is 9.37. The van der Waals surface area contributed by atoms with Crippen LogP contribution in [-0.2, 0) is 16.1 Å². The van der Waals surface area contributed by atoms with E-state index < -0.39 is 5.97 Å². The summed E-state index contributed by atoms with van der Waals surface area (Å²) < 4.78 is 6.74. The lowest BCUT2D eigenvalue weighted by Crippen LogP contribution is -2.21. The number of aromatic nitrogens is 2. The lowest BCUT2D eigenvalue weighted by Gasteiger charge is -2.09. The van der Waals surface area contributed by atoms with Crippen molar-refractivity contribution in [2.24, 2.45) is 0 Å². The second-order valence-electron chi connectivity index (χ2n) is 6.36. The first-order valence-electron chi connectivity index (χ1n) is 8.55. The van der Waals surface area contributed by atoms with Crippen molar-refractivity contribution in [1.29, 1.82) is 0 Å². The van der Waals surface area contributed by atoms with E-state index in [1.807, 2.05) is 13.8 Å². The Morgan fingerprint density at radius 1 is 1.30 bits per heavy atom. The predicted molar refractivity (Wildman–Crippen MR) is 103 cm³/mol. The summed E-state index contributed by atoms with van der Waals surface area (Å²) in [5, 5.41) is 7.12. The summed E-state index contributed by atoms with van der Waals surface area (Å²) in [6.07, 6.45) is 4.08. The van der Waals surface area contributed by atoms with Crippen molar-refractivity contribution in [3.05, 3.63) is 34.0 Å². The van der Waals surface area contributed by atoms with Gasteiger partial charge in [-0.25, -0.2) is 4.79 Å². The summed E-state index contributed by atoms with van der Waals surface area (Å²) >= 11 is 1.07. The standard InChI is InChI=1S/C18H24N4O4S/c1-6-7-26-18(25)14-12(3)15(17(24)21(4)5)27-16(14)20-13(23)10-22-9-11(2)8-19-22/h8-9H,6-7,10H2,1-5H3,(H,20,23). The molecule has 2 aromatic heterocycles. The quantitative estimate of drug-likeness (QED) is 0.731. The monoisotopic (exact) mass is 392 g/mol. The first kappa shape index (κ1) is 20.6. The van der Waals surface area contributed by atoms with E-state index in [0.717, 1.165) is 16.9 Å². The van der Waals surface area contributed by atoms with Crippen molar-refractivity contribution in [2.45, 2.75) is 33.7 Å². The molecule has 146 valence electrons. The van der Waals surface area contributed by atoms with Gasteiger partial charge in [-0.3, -0.25) is 14.3 Å². The van der Waals surface area contributed by atoms with Crippen LogP contribution in [0.4, 0.5) is 5.00 Å². The van der Waals surface area contributed by atoms with Crippen molar-refractivity contribution in [2.75, 3.05) is 26.0 Å². The number of hydrogen-bond acceptors (Lipinski definition) is 6. The molecule has 0 atom stereocenters. The van der Waals surface area contributed by atoms with Gasteiger partial charge in [-0.05, 0) is 31.4 Å². The van der Waals surface area contributed by atoms with Gasteiger partial charge >= 0.3 is 5.97 Å². The van der Waals surface area contributed by atoms with Crippen LogP contribution in [0.5, 0.6) is 0 Å². The largest absolute Gasteiger partial charge is 0.462 e. The smallest absolute Gasteiger partial charge is 0.341 e. The molecule has 0 aliphatic carbocycles. The summed E-state index contributed by atoms with van der Waals surface area (Å²) in [5.74, 6) is -1.12. The molecule has 0 saturated heterocycles. The maximum Gasteiger partial charge on any atom is 0.341 e. The number of carbonyl (C=O) groups is 3. The van der Waals surface area contributed by atoms with Crippen molar-refractivity contribution in [3.8, 4) is 0 Å². The average Bonchev–Trinajstić information content (AvgIpc) is 3.14. The Morgan fingerprint density at radius 3 is 2.56 bits per heavy atom. The van der Waals surface area contributed by atoms with Crippen LogP contribution >= 0.6 is 11.3 Å². The van der Waals surface area contributed by atoms with Gasteiger partial charge < -0.3 is 15.0 Å². The zero-order valence-corrected chi connectivity index (χ0v) is 17.0. The van der Waals surface area contributed by atoms with E-state index >= 15 is 0 Å². The maximum absolute atomic E-state index is 12.5. The molecule has 8 nitrogen and oxygen atoms in total. The minimum Gasteiger partial charge on any atom is -0.462 e. The molecular weight excluding hydrogens is 368 g/mol. The third-order valence-electron chi connectivity index (χ3n) is 3.71. The number of ether oxygens (including phenoxy) is 1. The normalized spacial score (nSPS) is 10.6. The Morgan fingerprint density at radius 2 is 2.00 bits per heavy atom. The summed E-state index contributed by atoms with van der Waals surface area (Å²) in [4.78, 5) is 39.1. The Kier molecular flexibility index (Phi) is 6.73. The van der Waals surface area contributed by atoms with Crippen LogP contribution in [0.3, 0.4) is 0 Å². The van der Waals surface area contributed by atoms with Crippen LogP contribution < -0.4 is 5.32 Å². The van der Waals surface area contributed by atoms with Crippen molar-refractivity contribution in [3.63, 3.8) is 0 Å². The molecule has 1 N–H and O–H groups in total. The van der Waals surface area contributed by atoms with Gasteiger partial charge in [0.2, 0.25) is 5.91 Å². The van der Waals surface area contributed by atoms with Gasteiger partial charge in [0, 0.05) is 20.3 Å². The van der Waals surface area contributed by atoms with E-state index in [1.54, 1.807) is 33.4 Å². The number of amides is 2. The lowest BCUT2D eigenvalue weighted by atomic mass is 10.1. The van der Waals surface area contributed by atoms with Crippen LogP contribution in [0.25, 0.3) is 0 Å². The maximum atomic E-state index is 12.5. The van der Waals surface area contributed by atoms with E-state index in [9.17, 15) is 14.4 Å². The lowest BCUT2D eigenvalue weighted by molar-refractivity contribution is -0.116. The molecule has 0 spiro atoms. The third kappa shape index (κ3) is 4.94. The highest BCUT2D eigenvalue weighted by molar-refractivity contribution is 7.18. The Bertz CT molecular complexity index is 854. The number of rotatable bonds is 7. The molecule has 0 radical (unpaired) electrons. The highest BCUT2D eigenvalue weighted by atomic mass is 32.1. The summed E-state index contributed by atoms with van der Waals surface area (Å²) in [5.41, 5.74) is 1.67. The highest BCUT2D eigenvalue weighted by Gasteiger charge is 2.27. The predicted octanol–water partition coefficient (Wildman–Crippen LogP) is 2.47. The van der Waals surface area contributed by atoms with Gasteiger partial charge in [-0.15, -0.1) is 11.3 Å². The number of carbonyl (C=O) groups excluding carboxylic acids is 3. The van der Waals surface area contributed by atoms with Gasteiger partial charge in [0.15, 0.2) is 0 Å². The van der Waals surface area contributed by atoms with Gasteiger partial charge in [-0.2, -0.15) is 5.10 Å². The van der Waals surface area contributed by atoms with E-state index in [-0.39, 0.29) is 30.5 Å². The molecule has 0 unspecified atom stereocenters. The van der Waals surface area contributed by atoms with Crippen molar-refractivity contribution in [1.82, 2.24) is 14.7 Å². The van der Waals surface area contributed by atoms with E-state index in [0.29, 0.717) is 21.9 Å². The number of esters is 1. The number of nitrogens with one attached hydrogen (secondary N) is 1. The zero-order valence-electron chi connectivity index (χ0n) is 16.2. The molecule has 0 aromatic carbocycles. The fourth-order valence-electron chi connectivity index (χ4n) is 2.39. The van der Waals surface area contributed by atoms with E-state index in [4.69, 9.17) is 4.74 Å². The Balaban J connectivity index is 2.31. The highest BCUT2D eigenvalue weighted by Crippen LogP contribution is 2.34. The van der Waals surface area contributed by atoms with Crippen LogP contribution in [0.2, 0.25) is 0 Å². The van der Waals surface area contributed by atoms with Crippen LogP contribution in [0, 0.1) is 13.8 Å². The second kappa shape index (κ2) is 8.81. The van der Waals surface area contributed by atoms with Gasteiger partial charge in [0.25, 0.3) is 5.91 Å². The number of nitrogens with zero attached hydrogens (tertiary/aromatic N) is 3. The fraction of sp³-hybridized carbons (Fsp3) is 0.444. The minimum atomic E-state index is -0.548. The zero-order chi connectivity index (χ0) is 20.1. The number of thiophene rings is 1. The molecule has 0 aliphatic heterocycles. The molecule has 27 heavy (non-hydrogen) atoms. The summed E-state index contributed by atoms with van der Waals surface area (Å²) in [6, 6.07) is 0. The second-order valence-corrected chi connectivity index (χ2v) is 7.38. The Hall–Kier alpha value is -2.68. The molecule has 0 aliphatic rings. The minimum absolute atomic E-state index is 0.00515. The molecule has 0 bridgehead atoms. The van der Waals surface area contributed by atoms with Gasteiger partial charge in [0.05, 0.1) is 23.2 Å². The SMILES string of the molecule is CCCOC(=O)c1c(NC(=O)Cn2cc(C)cn2)sc(C(=O)N(C)C)c1C. The fourth-order valence-corrected chi connectivity index (χ4v) is 3.62. The summed E-state index contributed by atoms with van der Waals surface area (Å²) in [7, 11) is 3.27. The number of hydrogen-bond donors (Lipinski definition) is 1. The van der Waals surface area contributed by atoms with Crippen molar-refractivity contribution >= 4 is 34.1 Å². The molecule has 9 heteroatoms. The number of anilines is 1. The van der Waals surface area contributed by atoms with Crippen LogP contribution in [0.1, 0.15) is 44.5 Å². The van der Waals surface area contributed by atoms with Crippen LogP contribution in [-0.4, -0.2) is 53.2 Å². The van der Waals surface area contributed by atoms with E-state index in [2.05, 4.69) is 10.4 Å². The third-order valence-corrected chi connectivity index (χ3v) is 4.90. The molecule has 0 saturated carbocycles. The Labute approximate surface area is 162 Å². The van der Waals surface area contributed by atoms with Gasteiger partial charge in [0.1, 0.15) is 11.5 Å². The molecule has 2 heterocycles. The molecule has 2 rings (SSSR count). The summed E-state index contributed by atoms with van der Waals surface area (Å²) in [6.45, 7) is 5.73. The first-order chi connectivity index (χ1) is 12.7. The average molecular weight is 392 g/mol. The molecule has 2 amide bonds. The van der Waals surface area contributed by atoms with Crippen molar-refractivity contribution < 1.29 is 19.1 Å². The van der Waals surface area contributed by atoms with Crippen LogP contribution in [0.15, 0.2) is 12.4 Å². The molecule has 0 fully saturated rings. The number of aryl methyl sites for hydroxylation is 1.